The fourth-order valence-electron chi connectivity index (χ4n) is 1.46. The Balaban J connectivity index is 2.01. The van der Waals surface area contributed by atoms with Gasteiger partial charge >= 0.3 is 0 Å². The molecule has 0 aliphatic carbocycles. The van der Waals surface area contributed by atoms with Crippen LogP contribution in [-0.2, 0) is 0 Å². The number of nitrogens with one attached hydrogen (secondary N) is 3. The van der Waals surface area contributed by atoms with Crippen molar-refractivity contribution >= 4 is 28.0 Å². The normalized spacial score (nSPS) is 10.3. The molecule has 6 heteroatoms. The number of likely N-dealkylation sites (N-methyl/N-ethyl adjacent to an activating group) is 1. The van der Waals surface area contributed by atoms with Crippen LogP contribution in [0.1, 0.15) is 5.56 Å². The lowest BCUT2D eigenvalue weighted by Gasteiger charge is -2.07. The molecule has 0 saturated carbocycles. The molecule has 5 nitrogen and oxygen atoms in total. The Morgan fingerprint density at radius 2 is 2.06 bits per heavy atom. The van der Waals surface area contributed by atoms with Crippen molar-refractivity contribution in [3.63, 3.8) is 0 Å². The summed E-state index contributed by atoms with van der Waals surface area (Å²) >= 11 is 1.67. The molecular formula is C12H17N5S. The van der Waals surface area contributed by atoms with E-state index in [-0.39, 0.29) is 0 Å². The van der Waals surface area contributed by atoms with Crippen molar-refractivity contribution < 1.29 is 0 Å². The molecule has 0 unspecified atom stereocenters. The maximum Gasteiger partial charge on any atom is 0.136 e. The van der Waals surface area contributed by atoms with Crippen molar-refractivity contribution in [2.75, 3.05) is 30.8 Å². The van der Waals surface area contributed by atoms with Crippen molar-refractivity contribution in [3.8, 4) is 0 Å². The lowest BCUT2D eigenvalue weighted by Crippen LogP contribution is -2.18. The van der Waals surface area contributed by atoms with Crippen LogP contribution < -0.4 is 16.0 Å². The number of aryl methyl sites for hydroxylation is 1. The molecule has 2 heterocycles. The van der Waals surface area contributed by atoms with Gasteiger partial charge in [-0.3, -0.25) is 0 Å². The molecule has 0 spiro atoms. The van der Waals surface area contributed by atoms with Crippen LogP contribution in [0.3, 0.4) is 0 Å². The van der Waals surface area contributed by atoms with Gasteiger partial charge in [-0.2, -0.15) is 0 Å². The fraction of sp³-hybridized carbons (Fsp3) is 0.333. The predicted molar refractivity (Wildman–Crippen MR) is 76.8 cm³/mol. The predicted octanol–water partition coefficient (Wildman–Crippen LogP) is 2.22. The molecule has 96 valence electrons. The second-order valence-corrected chi connectivity index (χ2v) is 4.79. The molecule has 0 aliphatic heterocycles. The summed E-state index contributed by atoms with van der Waals surface area (Å²) in [7, 11) is 1.92. The maximum absolute atomic E-state index is 4.21. The van der Waals surface area contributed by atoms with E-state index in [2.05, 4.69) is 44.3 Å². The highest BCUT2D eigenvalue weighted by Crippen LogP contribution is 2.25. The quantitative estimate of drug-likeness (QED) is 0.698. The summed E-state index contributed by atoms with van der Waals surface area (Å²) in [6.07, 6.45) is 1.56. The molecule has 0 saturated heterocycles. The molecule has 0 fully saturated rings. The van der Waals surface area contributed by atoms with E-state index in [4.69, 9.17) is 0 Å². The van der Waals surface area contributed by atoms with Gasteiger partial charge < -0.3 is 16.0 Å². The van der Waals surface area contributed by atoms with Crippen LogP contribution >= 0.6 is 11.3 Å². The van der Waals surface area contributed by atoms with Gasteiger partial charge in [0.25, 0.3) is 0 Å². The van der Waals surface area contributed by atoms with Crippen molar-refractivity contribution in [1.29, 1.82) is 0 Å². The van der Waals surface area contributed by atoms with E-state index in [0.29, 0.717) is 0 Å². The Morgan fingerprint density at radius 3 is 2.78 bits per heavy atom. The summed E-state index contributed by atoms with van der Waals surface area (Å²) in [6, 6.07) is 4.00. The summed E-state index contributed by atoms with van der Waals surface area (Å²) in [5, 5.41) is 12.8. The number of aromatic nitrogens is 2. The third-order valence-electron chi connectivity index (χ3n) is 2.45. The molecule has 0 aliphatic rings. The molecule has 18 heavy (non-hydrogen) atoms. The molecule has 0 amide bonds. The van der Waals surface area contributed by atoms with Crippen LogP contribution in [0.15, 0.2) is 23.8 Å². The van der Waals surface area contributed by atoms with Crippen molar-refractivity contribution in [3.05, 3.63) is 29.4 Å². The van der Waals surface area contributed by atoms with Gasteiger partial charge in [-0.15, -0.1) is 11.3 Å². The summed E-state index contributed by atoms with van der Waals surface area (Å²) in [5.41, 5.74) is 1.23. The minimum atomic E-state index is 0.808. The second-order valence-electron chi connectivity index (χ2n) is 3.88. The summed E-state index contributed by atoms with van der Waals surface area (Å²) in [6.45, 7) is 3.81. The highest BCUT2D eigenvalue weighted by molar-refractivity contribution is 7.14. The van der Waals surface area contributed by atoms with Crippen molar-refractivity contribution in [1.82, 2.24) is 15.3 Å². The minimum Gasteiger partial charge on any atom is -0.369 e. The number of nitrogens with zero attached hydrogens (tertiary/aromatic N) is 2. The molecular weight excluding hydrogens is 246 g/mol. The average molecular weight is 263 g/mol. The third-order valence-corrected chi connectivity index (χ3v) is 3.38. The summed E-state index contributed by atoms with van der Waals surface area (Å²) in [5.74, 6) is 1.64. The third kappa shape index (κ3) is 3.41. The standard InChI is InChI=1S/C12H17N5S/c1-9-3-6-18-12(9)17-11-7-10(15-8-16-11)14-5-4-13-2/h3,6-8,13H,4-5H2,1-2H3,(H2,14,15,16,17). The van der Waals surface area contributed by atoms with Crippen LogP contribution in [0.2, 0.25) is 0 Å². The molecule has 3 N–H and O–H groups in total. The maximum atomic E-state index is 4.21. The van der Waals surface area contributed by atoms with Crippen LogP contribution in [0.25, 0.3) is 0 Å². The molecule has 2 aromatic rings. The lowest BCUT2D eigenvalue weighted by molar-refractivity contribution is 0.821. The Morgan fingerprint density at radius 1 is 1.22 bits per heavy atom. The fourth-order valence-corrected chi connectivity index (χ4v) is 2.28. The number of hydrogen-bond acceptors (Lipinski definition) is 6. The van der Waals surface area contributed by atoms with Crippen LogP contribution in [0.4, 0.5) is 16.6 Å². The Kier molecular flexibility index (Phi) is 4.49. The minimum absolute atomic E-state index is 0.808. The highest BCUT2D eigenvalue weighted by atomic mass is 32.1. The Bertz CT molecular complexity index is 497. The number of anilines is 3. The number of thiophene rings is 1. The molecule has 0 bridgehead atoms. The monoisotopic (exact) mass is 263 g/mol. The largest absolute Gasteiger partial charge is 0.369 e. The van der Waals surface area contributed by atoms with Gasteiger partial charge in [-0.05, 0) is 31.0 Å². The van der Waals surface area contributed by atoms with Gasteiger partial charge in [0.15, 0.2) is 0 Å². The topological polar surface area (TPSA) is 61.9 Å². The first-order valence-corrected chi connectivity index (χ1v) is 6.69. The lowest BCUT2D eigenvalue weighted by atomic mass is 10.3. The van der Waals surface area contributed by atoms with E-state index in [9.17, 15) is 0 Å². The first-order chi connectivity index (χ1) is 8.79. The summed E-state index contributed by atoms with van der Waals surface area (Å²) < 4.78 is 0. The van der Waals surface area contributed by atoms with Crippen LogP contribution in [0, 0.1) is 6.92 Å². The van der Waals surface area contributed by atoms with Gasteiger partial charge in [0.2, 0.25) is 0 Å². The van der Waals surface area contributed by atoms with Gasteiger partial charge in [0.1, 0.15) is 18.0 Å². The van der Waals surface area contributed by atoms with Gasteiger partial charge in [0, 0.05) is 19.2 Å². The molecule has 0 atom stereocenters. The second kappa shape index (κ2) is 6.32. The molecule has 0 radical (unpaired) electrons. The molecule has 2 rings (SSSR count). The van der Waals surface area contributed by atoms with E-state index in [0.717, 1.165) is 29.7 Å². The van der Waals surface area contributed by atoms with Crippen LogP contribution in [-0.4, -0.2) is 30.1 Å². The van der Waals surface area contributed by atoms with E-state index >= 15 is 0 Å². The van der Waals surface area contributed by atoms with Gasteiger partial charge in [0.05, 0.1) is 5.00 Å². The Labute approximate surface area is 111 Å². The first-order valence-electron chi connectivity index (χ1n) is 5.81. The molecule has 0 aromatic carbocycles. The van der Waals surface area contributed by atoms with E-state index in [1.165, 1.54) is 5.56 Å². The number of rotatable bonds is 6. The summed E-state index contributed by atoms with van der Waals surface area (Å²) in [4.78, 5) is 8.39. The smallest absolute Gasteiger partial charge is 0.136 e. The van der Waals surface area contributed by atoms with Crippen molar-refractivity contribution in [2.45, 2.75) is 6.92 Å². The van der Waals surface area contributed by atoms with Crippen molar-refractivity contribution in [2.24, 2.45) is 0 Å². The average Bonchev–Trinajstić information content (AvgIpc) is 2.76. The zero-order chi connectivity index (χ0) is 12.8. The van der Waals surface area contributed by atoms with Crippen LogP contribution in [0.5, 0.6) is 0 Å². The van der Waals surface area contributed by atoms with E-state index in [1.807, 2.05) is 13.1 Å². The zero-order valence-corrected chi connectivity index (χ0v) is 11.3. The van der Waals surface area contributed by atoms with Gasteiger partial charge in [-0.1, -0.05) is 0 Å². The van der Waals surface area contributed by atoms with E-state index < -0.39 is 0 Å². The SMILES string of the molecule is CNCCNc1cc(Nc2sccc2C)ncn1. The first kappa shape index (κ1) is 12.8. The van der Waals surface area contributed by atoms with E-state index in [1.54, 1.807) is 17.7 Å². The van der Waals surface area contributed by atoms with Gasteiger partial charge in [-0.25, -0.2) is 9.97 Å². The molecule has 2 aromatic heterocycles. The highest BCUT2D eigenvalue weighted by Gasteiger charge is 2.02. The number of hydrogen-bond donors (Lipinski definition) is 3. The zero-order valence-electron chi connectivity index (χ0n) is 10.5. The Hall–Kier alpha value is -1.66.